The number of nitrogens with zero attached hydrogens (tertiary/aromatic N) is 3. The van der Waals surface area contributed by atoms with E-state index in [-0.39, 0.29) is 0 Å². The molecule has 0 amide bonds. The van der Waals surface area contributed by atoms with Gasteiger partial charge in [0.25, 0.3) is 0 Å². The topological polar surface area (TPSA) is 39.4 Å². The van der Waals surface area contributed by atoms with Gasteiger partial charge in [-0.2, -0.15) is 0 Å². The number of para-hydroxylation sites is 2. The third kappa shape index (κ3) is 3.22. The lowest BCUT2D eigenvalue weighted by Gasteiger charge is -2.10. The molecule has 4 rings (SSSR count). The van der Waals surface area contributed by atoms with Gasteiger partial charge in [0.1, 0.15) is 11.4 Å². The smallest absolute Gasteiger partial charge is 0.144 e. The monoisotopic (exact) mass is 355 g/mol. The van der Waals surface area contributed by atoms with Crippen molar-refractivity contribution in [1.29, 1.82) is 0 Å². The van der Waals surface area contributed by atoms with Crippen LogP contribution in [-0.2, 0) is 0 Å². The summed E-state index contributed by atoms with van der Waals surface area (Å²) in [7, 11) is 1.66. The highest BCUT2D eigenvalue weighted by Crippen LogP contribution is 2.27. The molecule has 0 spiro atoms. The van der Waals surface area contributed by atoms with Crippen molar-refractivity contribution in [2.75, 3.05) is 7.11 Å². The summed E-state index contributed by atoms with van der Waals surface area (Å²) in [5, 5.41) is 1.13. The van der Waals surface area contributed by atoms with Gasteiger partial charge in [0, 0.05) is 40.4 Å². The molecule has 4 nitrogen and oxygen atoms in total. The zero-order valence-electron chi connectivity index (χ0n) is 15.7. The molecule has 4 aromatic rings. The maximum Gasteiger partial charge on any atom is 0.144 e. The van der Waals surface area contributed by atoms with Gasteiger partial charge in [-0.05, 0) is 56.3 Å². The number of hydrogen-bond donors (Lipinski definition) is 0. The van der Waals surface area contributed by atoms with E-state index in [2.05, 4.69) is 58.7 Å². The van der Waals surface area contributed by atoms with Crippen molar-refractivity contribution >= 4 is 22.8 Å². The zero-order chi connectivity index (χ0) is 18.8. The molecule has 0 saturated heterocycles. The van der Waals surface area contributed by atoms with E-state index in [1.165, 1.54) is 0 Å². The van der Waals surface area contributed by atoms with E-state index >= 15 is 0 Å². The van der Waals surface area contributed by atoms with Crippen molar-refractivity contribution in [2.24, 2.45) is 4.99 Å². The lowest BCUT2D eigenvalue weighted by Crippen LogP contribution is -1.99. The number of pyridine rings is 1. The van der Waals surface area contributed by atoms with Crippen LogP contribution in [0.1, 0.15) is 17.0 Å². The third-order valence-electron chi connectivity index (χ3n) is 4.74. The van der Waals surface area contributed by atoms with Gasteiger partial charge in [0.2, 0.25) is 0 Å². The molecule has 0 atom stereocenters. The van der Waals surface area contributed by atoms with Crippen LogP contribution in [0.4, 0.5) is 5.69 Å². The fraction of sp³-hybridized carbons (Fsp3) is 0.130. The predicted octanol–water partition coefficient (Wildman–Crippen LogP) is 5.40. The van der Waals surface area contributed by atoms with Crippen molar-refractivity contribution in [2.45, 2.75) is 13.8 Å². The molecule has 0 fully saturated rings. The molecule has 2 aromatic carbocycles. The van der Waals surface area contributed by atoms with Gasteiger partial charge in [0.05, 0.1) is 12.6 Å². The second-order valence-corrected chi connectivity index (χ2v) is 6.47. The molecule has 134 valence electrons. The van der Waals surface area contributed by atoms with Crippen molar-refractivity contribution in [3.63, 3.8) is 0 Å². The molecule has 4 heteroatoms. The third-order valence-corrected chi connectivity index (χ3v) is 4.74. The van der Waals surface area contributed by atoms with Crippen LogP contribution in [0.15, 0.2) is 71.9 Å². The molecule has 2 aromatic heterocycles. The van der Waals surface area contributed by atoms with Crippen LogP contribution in [0.3, 0.4) is 0 Å². The summed E-state index contributed by atoms with van der Waals surface area (Å²) in [6.07, 6.45) is 3.72. The first-order valence-corrected chi connectivity index (χ1v) is 8.88. The summed E-state index contributed by atoms with van der Waals surface area (Å²) in [4.78, 5) is 9.04. The Morgan fingerprint density at radius 1 is 1.00 bits per heavy atom. The summed E-state index contributed by atoms with van der Waals surface area (Å²) in [6, 6.07) is 20.3. The first-order valence-electron chi connectivity index (χ1n) is 8.88. The van der Waals surface area contributed by atoms with E-state index < -0.39 is 0 Å². The van der Waals surface area contributed by atoms with Crippen LogP contribution in [-0.4, -0.2) is 22.9 Å². The Morgan fingerprint density at radius 3 is 2.70 bits per heavy atom. The van der Waals surface area contributed by atoms with Crippen molar-refractivity contribution in [3.05, 3.63) is 83.8 Å². The molecule has 0 radical (unpaired) electrons. The number of hydrogen-bond acceptors (Lipinski definition) is 3. The Hall–Kier alpha value is -3.40. The van der Waals surface area contributed by atoms with Crippen LogP contribution >= 0.6 is 0 Å². The largest absolute Gasteiger partial charge is 0.494 e. The Morgan fingerprint density at radius 2 is 1.85 bits per heavy atom. The number of ether oxygens (including phenoxy) is 1. The van der Waals surface area contributed by atoms with Gasteiger partial charge in [0.15, 0.2) is 0 Å². The van der Waals surface area contributed by atoms with Gasteiger partial charge < -0.3 is 9.30 Å². The number of aliphatic imine (C=N–C) groups is 1. The molecule has 0 unspecified atom stereocenters. The number of aromatic nitrogens is 2. The van der Waals surface area contributed by atoms with Gasteiger partial charge >= 0.3 is 0 Å². The predicted molar refractivity (Wildman–Crippen MR) is 111 cm³/mol. The summed E-state index contributed by atoms with van der Waals surface area (Å²) < 4.78 is 7.62. The van der Waals surface area contributed by atoms with Crippen LogP contribution in [0.25, 0.3) is 16.6 Å². The van der Waals surface area contributed by atoms with E-state index in [9.17, 15) is 0 Å². The van der Waals surface area contributed by atoms with Crippen LogP contribution in [0.2, 0.25) is 0 Å². The fourth-order valence-electron chi connectivity index (χ4n) is 3.39. The Bertz CT molecular complexity index is 1140. The number of rotatable bonds is 4. The minimum Gasteiger partial charge on any atom is -0.494 e. The summed E-state index contributed by atoms with van der Waals surface area (Å²) in [6.45, 7) is 4.23. The highest BCUT2D eigenvalue weighted by Gasteiger charge is 2.10. The normalized spacial score (nSPS) is 11.4. The molecule has 0 N–H and O–H groups in total. The van der Waals surface area contributed by atoms with Gasteiger partial charge in [-0.1, -0.05) is 18.2 Å². The minimum absolute atomic E-state index is 0.768. The van der Waals surface area contributed by atoms with Gasteiger partial charge in [-0.25, -0.2) is 0 Å². The van der Waals surface area contributed by atoms with Crippen LogP contribution in [0, 0.1) is 13.8 Å². The number of methoxy groups -OCH3 is 1. The second-order valence-electron chi connectivity index (χ2n) is 6.47. The summed E-state index contributed by atoms with van der Waals surface area (Å²) in [5.41, 5.74) is 6.35. The van der Waals surface area contributed by atoms with Crippen LogP contribution < -0.4 is 4.74 Å². The minimum atomic E-state index is 0.768. The van der Waals surface area contributed by atoms with Crippen molar-refractivity contribution < 1.29 is 4.74 Å². The van der Waals surface area contributed by atoms with Crippen molar-refractivity contribution in [1.82, 2.24) is 9.55 Å². The first-order chi connectivity index (χ1) is 13.2. The fourth-order valence-corrected chi connectivity index (χ4v) is 3.39. The first kappa shape index (κ1) is 17.0. The number of benzene rings is 2. The molecular formula is C23H21N3O. The maximum absolute atomic E-state index is 5.38. The number of aryl methyl sites for hydroxylation is 1. The molecule has 2 heterocycles. The van der Waals surface area contributed by atoms with Crippen LogP contribution in [0.5, 0.6) is 5.75 Å². The van der Waals surface area contributed by atoms with E-state index in [1.54, 1.807) is 7.11 Å². The van der Waals surface area contributed by atoms with E-state index in [4.69, 9.17) is 4.74 Å². The van der Waals surface area contributed by atoms with Gasteiger partial charge in [-0.3, -0.25) is 9.98 Å². The zero-order valence-corrected chi connectivity index (χ0v) is 15.7. The highest BCUT2D eigenvalue weighted by atomic mass is 16.5. The number of fused-ring (bicyclic) bond motifs is 1. The highest BCUT2D eigenvalue weighted by molar-refractivity contribution is 5.85. The quantitative estimate of drug-likeness (QED) is 0.460. The van der Waals surface area contributed by atoms with E-state index in [0.717, 1.165) is 45.0 Å². The average molecular weight is 355 g/mol. The molecule has 0 bridgehead atoms. The van der Waals surface area contributed by atoms with E-state index in [1.807, 2.05) is 42.7 Å². The summed E-state index contributed by atoms with van der Waals surface area (Å²) in [5.74, 6) is 0.768. The molecule has 0 aliphatic heterocycles. The SMILES string of the molecule is COc1ccccc1N=Cc1cc(C)n(-c2ccc3ncccc3c2)c1C. The van der Waals surface area contributed by atoms with Gasteiger partial charge in [-0.15, -0.1) is 0 Å². The lowest BCUT2D eigenvalue weighted by atomic mass is 10.2. The second kappa shape index (κ2) is 7.08. The molecule has 0 aliphatic carbocycles. The molecule has 0 aliphatic rings. The summed E-state index contributed by atoms with van der Waals surface area (Å²) >= 11 is 0. The molecular weight excluding hydrogens is 334 g/mol. The Kier molecular flexibility index (Phi) is 4.47. The average Bonchev–Trinajstić information content (AvgIpc) is 2.99. The van der Waals surface area contributed by atoms with E-state index in [0.29, 0.717) is 0 Å². The lowest BCUT2D eigenvalue weighted by molar-refractivity contribution is 0.416. The molecule has 27 heavy (non-hydrogen) atoms. The Balaban J connectivity index is 1.74. The Labute approximate surface area is 158 Å². The van der Waals surface area contributed by atoms with Crippen molar-refractivity contribution in [3.8, 4) is 11.4 Å². The molecule has 0 saturated carbocycles. The standard InChI is InChI=1S/C23H21N3O/c1-16-13-19(15-25-22-8-4-5-9-23(22)27-3)17(2)26(16)20-10-11-21-18(14-20)7-6-12-24-21/h4-15H,1-3H3. The maximum atomic E-state index is 5.38.